The molecule has 1 saturated carbocycles. The molecule has 1 atom stereocenters. The summed E-state index contributed by atoms with van der Waals surface area (Å²) in [5.41, 5.74) is 1.05. The third-order valence-corrected chi connectivity index (χ3v) is 9.16. The van der Waals surface area contributed by atoms with Gasteiger partial charge in [-0.2, -0.15) is 4.31 Å². The zero-order valence-corrected chi connectivity index (χ0v) is 23.0. The summed E-state index contributed by atoms with van der Waals surface area (Å²) in [6.07, 6.45) is 5.10. The van der Waals surface area contributed by atoms with Crippen LogP contribution in [0.3, 0.4) is 0 Å². The molecule has 4 rings (SSSR count). The van der Waals surface area contributed by atoms with E-state index in [0.29, 0.717) is 19.4 Å². The van der Waals surface area contributed by atoms with Gasteiger partial charge in [0, 0.05) is 19.6 Å². The molecule has 2 amide bonds. The number of hydrogen-bond donors (Lipinski definition) is 1. The highest BCUT2D eigenvalue weighted by Crippen LogP contribution is 2.22. The van der Waals surface area contributed by atoms with E-state index in [0.717, 1.165) is 46.3 Å². The summed E-state index contributed by atoms with van der Waals surface area (Å²) >= 11 is 0. The Morgan fingerprint density at radius 2 is 1.61 bits per heavy atom. The van der Waals surface area contributed by atoms with Crippen molar-refractivity contribution in [1.82, 2.24) is 14.5 Å². The molecule has 1 aliphatic carbocycles. The number of sulfonamides is 1. The zero-order valence-electron chi connectivity index (χ0n) is 22.2. The van der Waals surface area contributed by atoms with Gasteiger partial charge >= 0.3 is 0 Å². The highest BCUT2D eigenvalue weighted by Gasteiger charge is 2.32. The van der Waals surface area contributed by atoms with Crippen molar-refractivity contribution in [2.75, 3.05) is 20.1 Å². The molecule has 8 heteroatoms. The first-order chi connectivity index (χ1) is 18.3. The molecule has 0 spiro atoms. The summed E-state index contributed by atoms with van der Waals surface area (Å²) in [7, 11) is -2.50. The van der Waals surface area contributed by atoms with E-state index in [9.17, 15) is 18.0 Å². The third kappa shape index (κ3) is 6.60. The summed E-state index contributed by atoms with van der Waals surface area (Å²) < 4.78 is 27.9. The van der Waals surface area contributed by atoms with Crippen LogP contribution in [0.25, 0.3) is 10.8 Å². The number of rotatable bonds is 11. The summed E-state index contributed by atoms with van der Waals surface area (Å²) in [5, 5.41) is 4.88. The quantitative estimate of drug-likeness (QED) is 0.395. The maximum atomic E-state index is 13.6. The Morgan fingerprint density at radius 3 is 2.29 bits per heavy atom. The van der Waals surface area contributed by atoms with E-state index in [4.69, 9.17) is 0 Å². The molecule has 202 valence electrons. The fourth-order valence-corrected chi connectivity index (χ4v) is 6.29. The van der Waals surface area contributed by atoms with Crippen molar-refractivity contribution in [2.24, 2.45) is 0 Å². The minimum Gasteiger partial charge on any atom is -0.352 e. The van der Waals surface area contributed by atoms with E-state index < -0.39 is 16.1 Å². The van der Waals surface area contributed by atoms with Gasteiger partial charge in [0.25, 0.3) is 0 Å². The fraction of sp³-hybridized carbons (Fsp3) is 0.400. The predicted octanol–water partition coefficient (Wildman–Crippen LogP) is 4.37. The lowest BCUT2D eigenvalue weighted by Gasteiger charge is -2.32. The molecular formula is C30H37N3O4S. The van der Waals surface area contributed by atoms with Crippen molar-refractivity contribution in [1.29, 1.82) is 0 Å². The molecule has 3 aromatic carbocycles. The van der Waals surface area contributed by atoms with Crippen LogP contribution in [-0.4, -0.2) is 61.7 Å². The number of benzene rings is 3. The van der Waals surface area contributed by atoms with Gasteiger partial charge in [-0.25, -0.2) is 8.42 Å². The number of carbonyl (C=O) groups is 2. The molecule has 0 aromatic heterocycles. The van der Waals surface area contributed by atoms with Gasteiger partial charge in [-0.3, -0.25) is 9.59 Å². The molecule has 0 heterocycles. The van der Waals surface area contributed by atoms with Crippen LogP contribution in [0.2, 0.25) is 0 Å². The molecule has 0 aliphatic heterocycles. The second-order valence-corrected chi connectivity index (χ2v) is 12.1. The maximum absolute atomic E-state index is 13.6. The van der Waals surface area contributed by atoms with Crippen LogP contribution in [0.1, 0.15) is 44.6 Å². The lowest BCUT2D eigenvalue weighted by atomic mass is 10.1. The van der Waals surface area contributed by atoms with E-state index in [1.165, 1.54) is 7.05 Å². The number of likely N-dealkylation sites (N-methyl/N-ethyl adjacent to an activating group) is 1. The summed E-state index contributed by atoms with van der Waals surface area (Å²) in [5.74, 6) is -0.554. The standard InChI is InChI=1S/C30H37N3O4S/c1-3-28(30(35)31-26-15-9-10-16-26)33(20-19-23-11-5-4-6-12-23)29(34)22-32(2)38(36,37)27-18-17-24-13-7-8-14-25(24)21-27/h4-8,11-14,17-18,21,26,28H,3,9-10,15-16,19-20,22H2,1-2H3,(H,31,35). The van der Waals surface area contributed by atoms with Crippen molar-refractivity contribution in [3.05, 3.63) is 78.4 Å². The van der Waals surface area contributed by atoms with Crippen LogP contribution < -0.4 is 5.32 Å². The number of carbonyl (C=O) groups excluding carboxylic acids is 2. The van der Waals surface area contributed by atoms with Crippen LogP contribution in [-0.2, 0) is 26.0 Å². The lowest BCUT2D eigenvalue weighted by Crippen LogP contribution is -2.54. The fourth-order valence-electron chi connectivity index (χ4n) is 5.14. The highest BCUT2D eigenvalue weighted by molar-refractivity contribution is 7.89. The monoisotopic (exact) mass is 535 g/mol. The van der Waals surface area contributed by atoms with E-state index >= 15 is 0 Å². The minimum atomic E-state index is -3.91. The first-order valence-electron chi connectivity index (χ1n) is 13.4. The number of hydrogen-bond acceptors (Lipinski definition) is 4. The van der Waals surface area contributed by atoms with E-state index in [1.54, 1.807) is 23.1 Å². The predicted molar refractivity (Wildman–Crippen MR) is 150 cm³/mol. The van der Waals surface area contributed by atoms with Crippen molar-refractivity contribution >= 4 is 32.6 Å². The molecular weight excluding hydrogens is 498 g/mol. The SMILES string of the molecule is CCC(C(=O)NC1CCCC1)N(CCc1ccccc1)C(=O)CN(C)S(=O)(=O)c1ccc2ccccc2c1. The largest absolute Gasteiger partial charge is 0.352 e. The van der Waals surface area contributed by atoms with Gasteiger partial charge in [0.2, 0.25) is 21.8 Å². The molecule has 38 heavy (non-hydrogen) atoms. The zero-order chi connectivity index (χ0) is 27.1. The van der Waals surface area contributed by atoms with Crippen LogP contribution >= 0.6 is 0 Å². The minimum absolute atomic E-state index is 0.133. The lowest BCUT2D eigenvalue weighted by molar-refractivity contribution is -0.141. The smallest absolute Gasteiger partial charge is 0.243 e. The molecule has 7 nitrogen and oxygen atoms in total. The Bertz CT molecular complexity index is 1350. The van der Waals surface area contributed by atoms with Crippen molar-refractivity contribution in [3.8, 4) is 0 Å². The van der Waals surface area contributed by atoms with E-state index in [2.05, 4.69) is 5.32 Å². The Labute approximate surface area is 225 Å². The van der Waals surface area contributed by atoms with Crippen LogP contribution in [0, 0.1) is 0 Å². The Balaban J connectivity index is 1.53. The molecule has 0 bridgehead atoms. The Hall–Kier alpha value is -3.23. The summed E-state index contributed by atoms with van der Waals surface area (Å²) in [6.45, 7) is 1.86. The van der Waals surface area contributed by atoms with Gasteiger partial charge in [0.1, 0.15) is 6.04 Å². The molecule has 1 N–H and O–H groups in total. The highest BCUT2D eigenvalue weighted by atomic mass is 32.2. The molecule has 3 aromatic rings. The maximum Gasteiger partial charge on any atom is 0.243 e. The van der Waals surface area contributed by atoms with Gasteiger partial charge in [0.15, 0.2) is 0 Å². The summed E-state index contributed by atoms with van der Waals surface area (Å²) in [4.78, 5) is 28.6. The third-order valence-electron chi connectivity index (χ3n) is 7.36. The van der Waals surface area contributed by atoms with Gasteiger partial charge in [-0.05, 0) is 54.2 Å². The molecule has 1 unspecified atom stereocenters. The second kappa shape index (κ2) is 12.5. The van der Waals surface area contributed by atoms with Crippen LogP contribution in [0.4, 0.5) is 0 Å². The molecule has 1 aliphatic rings. The van der Waals surface area contributed by atoms with Gasteiger partial charge in [0.05, 0.1) is 11.4 Å². The van der Waals surface area contributed by atoms with E-state index in [-0.39, 0.29) is 29.3 Å². The Kier molecular flexibility index (Phi) is 9.17. The average molecular weight is 536 g/mol. The second-order valence-electron chi connectivity index (χ2n) is 10.0. The first-order valence-corrected chi connectivity index (χ1v) is 14.8. The Morgan fingerprint density at radius 1 is 0.947 bits per heavy atom. The first kappa shape index (κ1) is 27.8. The van der Waals surface area contributed by atoms with E-state index in [1.807, 2.05) is 61.5 Å². The van der Waals surface area contributed by atoms with Crippen molar-refractivity contribution in [3.63, 3.8) is 0 Å². The number of nitrogens with zero attached hydrogens (tertiary/aromatic N) is 2. The van der Waals surface area contributed by atoms with Gasteiger partial charge in [-0.1, -0.05) is 80.4 Å². The average Bonchev–Trinajstić information content (AvgIpc) is 3.44. The molecule has 0 saturated heterocycles. The number of nitrogens with one attached hydrogen (secondary N) is 1. The molecule has 0 radical (unpaired) electrons. The van der Waals surface area contributed by atoms with Crippen LogP contribution in [0.5, 0.6) is 0 Å². The normalized spacial score (nSPS) is 15.0. The molecule has 1 fully saturated rings. The topological polar surface area (TPSA) is 86.8 Å². The number of fused-ring (bicyclic) bond motifs is 1. The van der Waals surface area contributed by atoms with Gasteiger partial charge < -0.3 is 10.2 Å². The summed E-state index contributed by atoms with van der Waals surface area (Å²) in [6, 6.07) is 21.8. The van der Waals surface area contributed by atoms with Gasteiger partial charge in [-0.15, -0.1) is 0 Å². The number of amides is 2. The van der Waals surface area contributed by atoms with Crippen molar-refractivity contribution in [2.45, 2.75) is 62.4 Å². The van der Waals surface area contributed by atoms with Crippen LogP contribution in [0.15, 0.2) is 77.7 Å². The van der Waals surface area contributed by atoms with Crippen molar-refractivity contribution < 1.29 is 18.0 Å².